The first kappa shape index (κ1) is 24.3. The van der Waals surface area contributed by atoms with Gasteiger partial charge in [0.05, 0.1) is 5.54 Å². The lowest BCUT2D eigenvalue weighted by molar-refractivity contribution is 0.259. The highest BCUT2D eigenvalue weighted by Crippen LogP contribution is 2.21. The maximum atomic E-state index is 6.45. The van der Waals surface area contributed by atoms with E-state index >= 15 is 0 Å². The predicted molar refractivity (Wildman–Crippen MR) is 120 cm³/mol. The monoisotopic (exact) mass is 397 g/mol. The molecule has 1 fully saturated rings. The molecular weight excluding hydrogens is 354 g/mol. The van der Waals surface area contributed by atoms with Gasteiger partial charge in [-0.2, -0.15) is 10.2 Å². The number of hydrazine groups is 1. The second-order valence-electron chi connectivity index (χ2n) is 9.18. The summed E-state index contributed by atoms with van der Waals surface area (Å²) in [6, 6.07) is 0.309. The molecule has 0 aromatic heterocycles. The van der Waals surface area contributed by atoms with Crippen molar-refractivity contribution in [1.82, 2.24) is 10.3 Å². The average Bonchev–Trinajstić information content (AvgIpc) is 2.60. The summed E-state index contributed by atoms with van der Waals surface area (Å²) in [5.41, 5.74) is -0.719. The molecule has 1 aliphatic carbocycles. The van der Waals surface area contributed by atoms with Gasteiger partial charge in [0.15, 0.2) is 5.11 Å². The Balaban J connectivity index is 2.64. The number of nitrogens with zero attached hydrogens (tertiary/aromatic N) is 3. The topological polar surface area (TPSA) is 66.0 Å². The van der Waals surface area contributed by atoms with Gasteiger partial charge < -0.3 is 5.32 Å². The molecule has 0 aliphatic heterocycles. The van der Waals surface area contributed by atoms with Gasteiger partial charge in [-0.05, 0) is 59.2 Å². The SMILES string of the molecule is CCC(C)(C)/N=N/C(C)(C)NC(=S)N(N)C1CCCCCCCCCCC1. The Kier molecular flexibility index (Phi) is 10.7. The van der Waals surface area contributed by atoms with Crippen LogP contribution in [0.5, 0.6) is 0 Å². The second-order valence-corrected chi connectivity index (χ2v) is 9.56. The third kappa shape index (κ3) is 10.4. The summed E-state index contributed by atoms with van der Waals surface area (Å²) < 4.78 is 0. The molecule has 0 aromatic rings. The Hall–Kier alpha value is -0.750. The first-order valence-electron chi connectivity index (χ1n) is 11.0. The Bertz CT molecular complexity index is 449. The lowest BCUT2D eigenvalue weighted by Gasteiger charge is -2.33. The van der Waals surface area contributed by atoms with E-state index in [9.17, 15) is 0 Å². The molecule has 6 heteroatoms. The maximum Gasteiger partial charge on any atom is 0.185 e. The highest BCUT2D eigenvalue weighted by molar-refractivity contribution is 7.80. The van der Waals surface area contributed by atoms with Crippen LogP contribution in [-0.4, -0.2) is 27.4 Å². The fourth-order valence-corrected chi connectivity index (χ4v) is 3.67. The molecule has 1 rings (SSSR count). The quantitative estimate of drug-likeness (QED) is 0.255. The van der Waals surface area contributed by atoms with Crippen LogP contribution in [0.2, 0.25) is 0 Å². The number of nitrogens with one attached hydrogen (secondary N) is 1. The molecule has 158 valence electrons. The lowest BCUT2D eigenvalue weighted by Crippen LogP contribution is -2.55. The summed E-state index contributed by atoms with van der Waals surface area (Å²) in [7, 11) is 0. The van der Waals surface area contributed by atoms with Crippen LogP contribution in [0.25, 0.3) is 0 Å². The molecular formula is C21H43N5S. The minimum Gasteiger partial charge on any atom is -0.336 e. The van der Waals surface area contributed by atoms with Gasteiger partial charge in [-0.25, -0.2) is 5.84 Å². The highest BCUT2D eigenvalue weighted by Gasteiger charge is 2.25. The summed E-state index contributed by atoms with van der Waals surface area (Å²) in [6.07, 6.45) is 15.1. The van der Waals surface area contributed by atoms with Crippen molar-refractivity contribution in [3.8, 4) is 0 Å². The molecule has 5 nitrogen and oxygen atoms in total. The number of thiocarbonyl (C=S) groups is 1. The van der Waals surface area contributed by atoms with Gasteiger partial charge >= 0.3 is 0 Å². The Morgan fingerprint density at radius 2 is 1.37 bits per heavy atom. The molecule has 0 radical (unpaired) electrons. The van der Waals surface area contributed by atoms with Crippen LogP contribution in [0.1, 0.15) is 112 Å². The maximum absolute atomic E-state index is 6.45. The summed E-state index contributed by atoms with van der Waals surface area (Å²) in [5.74, 6) is 6.45. The third-order valence-electron chi connectivity index (χ3n) is 5.55. The number of azo groups is 1. The van der Waals surface area contributed by atoms with Gasteiger partial charge in [0, 0.05) is 6.04 Å². The number of hydrogen-bond acceptors (Lipinski definition) is 4. The van der Waals surface area contributed by atoms with Crippen LogP contribution in [0.15, 0.2) is 10.2 Å². The van der Waals surface area contributed by atoms with Gasteiger partial charge in [0.2, 0.25) is 0 Å². The molecule has 0 heterocycles. The minimum absolute atomic E-state index is 0.156. The lowest BCUT2D eigenvalue weighted by atomic mass is 9.98. The fraction of sp³-hybridized carbons (Fsp3) is 0.952. The van der Waals surface area contributed by atoms with Crippen LogP contribution in [-0.2, 0) is 0 Å². The van der Waals surface area contributed by atoms with Gasteiger partial charge in [-0.15, -0.1) is 0 Å². The Morgan fingerprint density at radius 3 is 1.81 bits per heavy atom. The summed E-state index contributed by atoms with van der Waals surface area (Å²) in [4.78, 5) is 0. The van der Waals surface area contributed by atoms with Gasteiger partial charge in [-0.1, -0.05) is 64.7 Å². The summed E-state index contributed by atoms with van der Waals surface area (Å²) >= 11 is 5.62. The fourth-order valence-electron chi connectivity index (χ4n) is 3.27. The minimum atomic E-state index is -0.563. The van der Waals surface area contributed by atoms with Gasteiger partial charge in [-0.3, -0.25) is 5.01 Å². The van der Waals surface area contributed by atoms with E-state index in [0.29, 0.717) is 11.2 Å². The zero-order valence-corrected chi connectivity index (χ0v) is 19.2. The Labute approximate surface area is 172 Å². The van der Waals surface area contributed by atoms with Crippen molar-refractivity contribution in [3.05, 3.63) is 0 Å². The third-order valence-corrected chi connectivity index (χ3v) is 5.86. The molecule has 0 spiro atoms. The Morgan fingerprint density at radius 1 is 0.926 bits per heavy atom. The van der Waals surface area contributed by atoms with Gasteiger partial charge in [0.1, 0.15) is 5.66 Å². The number of nitrogens with two attached hydrogens (primary N) is 1. The van der Waals surface area contributed by atoms with Crippen molar-refractivity contribution in [2.24, 2.45) is 16.1 Å². The molecule has 0 saturated heterocycles. The molecule has 27 heavy (non-hydrogen) atoms. The predicted octanol–water partition coefficient (Wildman–Crippen LogP) is 6.09. The van der Waals surface area contributed by atoms with Crippen LogP contribution < -0.4 is 11.2 Å². The molecule has 0 atom stereocenters. The molecule has 1 aliphatic rings. The molecule has 0 unspecified atom stereocenters. The summed E-state index contributed by atoms with van der Waals surface area (Å²) in [5, 5.41) is 14.6. The molecule has 0 amide bonds. The van der Waals surface area contributed by atoms with Crippen molar-refractivity contribution in [1.29, 1.82) is 0 Å². The first-order valence-corrected chi connectivity index (χ1v) is 11.4. The van der Waals surface area contributed by atoms with E-state index in [1.165, 1.54) is 57.8 Å². The van der Waals surface area contributed by atoms with E-state index in [1.54, 1.807) is 5.01 Å². The molecule has 0 aromatic carbocycles. The van der Waals surface area contributed by atoms with E-state index in [2.05, 4.69) is 36.3 Å². The second kappa shape index (κ2) is 11.9. The van der Waals surface area contributed by atoms with E-state index in [-0.39, 0.29) is 5.54 Å². The van der Waals surface area contributed by atoms with Crippen LogP contribution in [0, 0.1) is 0 Å². The smallest absolute Gasteiger partial charge is 0.185 e. The van der Waals surface area contributed by atoms with Crippen LogP contribution in [0.3, 0.4) is 0 Å². The van der Waals surface area contributed by atoms with Crippen molar-refractivity contribution < 1.29 is 0 Å². The standard InChI is InChI=1S/C21H43N5S/c1-6-20(2,3)24-25-21(4,5)23-19(27)26(22)18-16-14-12-10-8-7-9-11-13-15-17-18/h18H,6-17,22H2,1-5H3,(H,23,27)/b25-24+. The molecule has 1 saturated carbocycles. The van der Waals surface area contributed by atoms with E-state index in [4.69, 9.17) is 18.1 Å². The van der Waals surface area contributed by atoms with Crippen LogP contribution >= 0.6 is 12.2 Å². The van der Waals surface area contributed by atoms with Crippen molar-refractivity contribution in [2.75, 3.05) is 0 Å². The summed E-state index contributed by atoms with van der Waals surface area (Å²) in [6.45, 7) is 10.3. The van der Waals surface area contributed by atoms with Gasteiger partial charge in [0.25, 0.3) is 0 Å². The van der Waals surface area contributed by atoms with E-state index in [0.717, 1.165) is 19.3 Å². The zero-order valence-electron chi connectivity index (χ0n) is 18.4. The number of hydrogen-bond donors (Lipinski definition) is 2. The highest BCUT2D eigenvalue weighted by atomic mass is 32.1. The first-order chi connectivity index (χ1) is 12.7. The molecule has 0 bridgehead atoms. The number of rotatable bonds is 5. The van der Waals surface area contributed by atoms with Crippen molar-refractivity contribution >= 4 is 17.3 Å². The van der Waals surface area contributed by atoms with Crippen molar-refractivity contribution in [2.45, 2.75) is 129 Å². The van der Waals surface area contributed by atoms with E-state index < -0.39 is 5.66 Å². The van der Waals surface area contributed by atoms with E-state index in [1.807, 2.05) is 13.8 Å². The largest absolute Gasteiger partial charge is 0.336 e. The van der Waals surface area contributed by atoms with Crippen molar-refractivity contribution in [3.63, 3.8) is 0 Å². The van der Waals surface area contributed by atoms with Crippen LogP contribution in [0.4, 0.5) is 0 Å². The average molecular weight is 398 g/mol. The molecule has 3 N–H and O–H groups in total. The normalized spacial score (nSPS) is 19.3. The zero-order chi connectivity index (χ0) is 20.3.